The van der Waals surface area contributed by atoms with Crippen LogP contribution in [0.25, 0.3) is 0 Å². The third-order valence-corrected chi connectivity index (χ3v) is 6.65. The van der Waals surface area contributed by atoms with Crippen LogP contribution in [0.2, 0.25) is 0 Å². The van der Waals surface area contributed by atoms with Crippen molar-refractivity contribution in [1.82, 2.24) is 4.90 Å². The number of ether oxygens (including phenoxy) is 4. The van der Waals surface area contributed by atoms with E-state index in [2.05, 4.69) is 16.8 Å². The Balaban J connectivity index is 1.53. The van der Waals surface area contributed by atoms with E-state index in [4.69, 9.17) is 18.9 Å². The number of nitrogens with zero attached hydrogens (tertiary/aromatic N) is 1. The lowest BCUT2D eigenvalue weighted by Gasteiger charge is -2.39. The molecular weight excluding hydrogens is 460 g/mol. The Bertz CT molecular complexity index is 998. The molecule has 2 N–H and O–H groups in total. The maximum Gasteiger partial charge on any atom is 0.411 e. The summed E-state index contributed by atoms with van der Waals surface area (Å²) in [6.07, 6.45) is 3.17. The van der Waals surface area contributed by atoms with E-state index in [-0.39, 0.29) is 25.4 Å². The van der Waals surface area contributed by atoms with Crippen LogP contribution in [-0.2, 0) is 25.6 Å². The number of nitrogens with one attached hydrogen (secondary N) is 1. The third-order valence-electron chi connectivity index (χ3n) is 6.65. The first-order valence-corrected chi connectivity index (χ1v) is 12.5. The van der Waals surface area contributed by atoms with Crippen molar-refractivity contribution in [3.8, 4) is 0 Å². The molecule has 0 aromatic heterocycles. The molecule has 0 aliphatic carbocycles. The second-order valence-corrected chi connectivity index (χ2v) is 9.23. The van der Waals surface area contributed by atoms with Gasteiger partial charge < -0.3 is 24.1 Å². The summed E-state index contributed by atoms with van der Waals surface area (Å²) in [7, 11) is 1.75. The van der Waals surface area contributed by atoms with Gasteiger partial charge in [0, 0.05) is 37.4 Å². The molecule has 4 unspecified atom stereocenters. The van der Waals surface area contributed by atoms with Crippen molar-refractivity contribution in [2.24, 2.45) is 0 Å². The Morgan fingerprint density at radius 1 is 1.22 bits per heavy atom. The summed E-state index contributed by atoms with van der Waals surface area (Å²) >= 11 is 0. The minimum atomic E-state index is -0.597. The molecular formula is C28H36N2O6. The maximum atomic E-state index is 12.0. The van der Waals surface area contributed by atoms with Gasteiger partial charge in [0.05, 0.1) is 25.4 Å². The first-order chi connectivity index (χ1) is 17.6. The number of amides is 1. The molecule has 2 fully saturated rings. The maximum absolute atomic E-state index is 12.0. The van der Waals surface area contributed by atoms with Gasteiger partial charge >= 0.3 is 6.09 Å². The molecule has 4 rings (SSSR count). The van der Waals surface area contributed by atoms with Crippen molar-refractivity contribution in [3.05, 3.63) is 77.9 Å². The highest BCUT2D eigenvalue weighted by molar-refractivity contribution is 5.84. The van der Waals surface area contributed by atoms with E-state index in [1.165, 1.54) is 6.08 Å². The lowest BCUT2D eigenvalue weighted by molar-refractivity contribution is -0.253. The van der Waals surface area contributed by atoms with E-state index < -0.39 is 12.4 Å². The van der Waals surface area contributed by atoms with Crippen LogP contribution < -0.4 is 5.32 Å². The van der Waals surface area contributed by atoms with Crippen LogP contribution in [0.3, 0.4) is 0 Å². The number of aliphatic hydroxyl groups excluding tert-OH is 1. The molecule has 8 heteroatoms. The molecule has 2 heterocycles. The summed E-state index contributed by atoms with van der Waals surface area (Å²) < 4.78 is 23.4. The quantitative estimate of drug-likeness (QED) is 0.466. The van der Waals surface area contributed by atoms with E-state index in [9.17, 15) is 9.90 Å². The molecule has 0 bridgehead atoms. The highest BCUT2D eigenvalue weighted by Gasteiger charge is 2.35. The van der Waals surface area contributed by atoms with Gasteiger partial charge in [-0.2, -0.15) is 0 Å². The minimum absolute atomic E-state index is 0.00500. The monoisotopic (exact) mass is 496 g/mol. The molecule has 194 valence electrons. The van der Waals surface area contributed by atoms with Gasteiger partial charge in [0.2, 0.25) is 0 Å². The minimum Gasteiger partial charge on any atom is -0.445 e. The van der Waals surface area contributed by atoms with Crippen molar-refractivity contribution in [2.75, 3.05) is 38.7 Å². The summed E-state index contributed by atoms with van der Waals surface area (Å²) in [6, 6.07) is 15.7. The Morgan fingerprint density at radius 3 is 2.81 bits per heavy atom. The van der Waals surface area contributed by atoms with Crippen LogP contribution in [0, 0.1) is 0 Å². The van der Waals surface area contributed by atoms with Crippen LogP contribution in [0.4, 0.5) is 10.5 Å². The van der Waals surface area contributed by atoms with E-state index in [0.717, 1.165) is 49.0 Å². The van der Waals surface area contributed by atoms with E-state index in [1.54, 1.807) is 13.2 Å². The number of anilines is 1. The van der Waals surface area contributed by atoms with Crippen LogP contribution in [0.1, 0.15) is 48.3 Å². The third kappa shape index (κ3) is 6.93. The molecule has 2 aromatic rings. The highest BCUT2D eigenvalue weighted by Crippen LogP contribution is 2.39. The standard InChI is InChI=1S/C28H36N2O6/c1-3-14-34-28(32)29-23-7-4-6-22(15-23)27-35-25(17-30-13-5-8-24(30)19-33-2)16-26(36-27)21-11-9-20(18-31)10-12-21/h3-4,6-7,9-12,15,24-27,31H,1,5,8,13-14,16-19H2,2H3,(H,29,32). The normalized spacial score (nSPS) is 24.4. The van der Waals surface area contributed by atoms with Crippen LogP contribution in [0.5, 0.6) is 0 Å². The predicted octanol–water partition coefficient (Wildman–Crippen LogP) is 4.57. The van der Waals surface area contributed by atoms with Gasteiger partial charge in [-0.05, 0) is 42.6 Å². The summed E-state index contributed by atoms with van der Waals surface area (Å²) in [5.74, 6) is 0. The predicted molar refractivity (Wildman–Crippen MR) is 137 cm³/mol. The molecule has 0 saturated carbocycles. The molecule has 36 heavy (non-hydrogen) atoms. The topological polar surface area (TPSA) is 89.5 Å². The Morgan fingerprint density at radius 2 is 2.06 bits per heavy atom. The summed E-state index contributed by atoms with van der Waals surface area (Å²) in [5, 5.41) is 12.2. The van der Waals surface area contributed by atoms with Crippen molar-refractivity contribution >= 4 is 11.8 Å². The zero-order valence-corrected chi connectivity index (χ0v) is 20.8. The molecule has 4 atom stereocenters. The van der Waals surface area contributed by atoms with E-state index in [1.807, 2.05) is 42.5 Å². The molecule has 2 aliphatic rings. The average molecular weight is 497 g/mol. The first kappa shape index (κ1) is 26.3. The van der Waals surface area contributed by atoms with Gasteiger partial charge in [-0.25, -0.2) is 4.79 Å². The van der Waals surface area contributed by atoms with Gasteiger partial charge in [-0.3, -0.25) is 10.2 Å². The SMILES string of the molecule is C=CCOC(=O)Nc1cccc(C2OC(CN3CCCC3COC)CC(c3ccc(CO)cc3)O2)c1. The van der Waals surface area contributed by atoms with Gasteiger partial charge in [0.25, 0.3) is 0 Å². The molecule has 1 amide bonds. The summed E-state index contributed by atoms with van der Waals surface area (Å²) in [5.41, 5.74) is 3.32. The lowest BCUT2D eigenvalue weighted by atomic mass is 9.99. The van der Waals surface area contributed by atoms with Crippen LogP contribution >= 0.6 is 0 Å². The largest absolute Gasteiger partial charge is 0.445 e. The number of benzene rings is 2. The zero-order chi connectivity index (χ0) is 25.3. The van der Waals surface area contributed by atoms with Crippen molar-refractivity contribution in [3.63, 3.8) is 0 Å². The van der Waals surface area contributed by atoms with Gasteiger partial charge in [-0.1, -0.05) is 49.1 Å². The molecule has 2 saturated heterocycles. The highest BCUT2D eigenvalue weighted by atomic mass is 16.7. The number of aliphatic hydroxyl groups is 1. The van der Waals surface area contributed by atoms with Crippen molar-refractivity contribution in [2.45, 2.75) is 50.4 Å². The first-order valence-electron chi connectivity index (χ1n) is 12.5. The number of carbonyl (C=O) groups is 1. The van der Waals surface area contributed by atoms with Crippen molar-refractivity contribution in [1.29, 1.82) is 0 Å². The molecule has 0 spiro atoms. The Hall–Kier alpha value is -2.75. The molecule has 2 aliphatic heterocycles. The molecule has 0 radical (unpaired) electrons. The molecule has 2 aromatic carbocycles. The Labute approximate surface area is 212 Å². The fourth-order valence-electron chi connectivity index (χ4n) is 4.86. The second-order valence-electron chi connectivity index (χ2n) is 9.23. The van der Waals surface area contributed by atoms with Gasteiger partial charge in [0.15, 0.2) is 6.29 Å². The van der Waals surface area contributed by atoms with Crippen LogP contribution in [0.15, 0.2) is 61.2 Å². The summed E-state index contributed by atoms with van der Waals surface area (Å²) in [4.78, 5) is 14.5. The second kappa shape index (κ2) is 13.0. The van der Waals surface area contributed by atoms with Gasteiger partial charge in [-0.15, -0.1) is 0 Å². The number of methoxy groups -OCH3 is 1. The molecule has 8 nitrogen and oxygen atoms in total. The number of hydrogen-bond donors (Lipinski definition) is 2. The van der Waals surface area contributed by atoms with Crippen LogP contribution in [-0.4, -0.2) is 61.7 Å². The number of hydrogen-bond acceptors (Lipinski definition) is 7. The zero-order valence-electron chi connectivity index (χ0n) is 20.8. The number of rotatable bonds is 10. The van der Waals surface area contributed by atoms with E-state index >= 15 is 0 Å². The average Bonchev–Trinajstić information content (AvgIpc) is 3.34. The smallest absolute Gasteiger partial charge is 0.411 e. The number of carbonyl (C=O) groups excluding carboxylic acids is 1. The lowest BCUT2D eigenvalue weighted by Crippen LogP contribution is -2.42. The van der Waals surface area contributed by atoms with E-state index in [0.29, 0.717) is 18.3 Å². The van der Waals surface area contributed by atoms with Gasteiger partial charge in [0.1, 0.15) is 6.61 Å². The summed E-state index contributed by atoms with van der Waals surface area (Å²) in [6.45, 7) is 6.24. The fraction of sp³-hybridized carbons (Fsp3) is 0.464. The fourth-order valence-corrected chi connectivity index (χ4v) is 4.86. The van der Waals surface area contributed by atoms with Crippen molar-refractivity contribution < 1.29 is 28.8 Å². The number of likely N-dealkylation sites (tertiary alicyclic amines) is 1. The Kier molecular flexibility index (Phi) is 9.49.